The summed E-state index contributed by atoms with van der Waals surface area (Å²) in [6.45, 7) is 21.1. The maximum atomic E-state index is 14.4. The molecule has 1 aliphatic rings. The summed E-state index contributed by atoms with van der Waals surface area (Å²) in [5.74, 6) is -3.60. The maximum absolute atomic E-state index is 14.4. The molecule has 0 aromatic heterocycles. The van der Waals surface area contributed by atoms with Gasteiger partial charge in [-0.3, -0.25) is 38.6 Å². The van der Waals surface area contributed by atoms with Crippen molar-refractivity contribution in [3.05, 3.63) is 59.7 Å². The molecule has 0 bridgehead atoms. The van der Waals surface area contributed by atoms with E-state index in [9.17, 15) is 38.4 Å². The maximum Gasteiger partial charge on any atom is 0.410 e. The quantitative estimate of drug-likeness (QED) is 0.0834. The van der Waals surface area contributed by atoms with Crippen LogP contribution in [0.4, 0.5) is 4.79 Å². The number of rotatable bonds is 18. The van der Waals surface area contributed by atoms with Crippen molar-refractivity contribution in [3.8, 4) is 0 Å². The first-order chi connectivity index (χ1) is 28.0. The molecular weight excluding hydrogens is 785 g/mol. The van der Waals surface area contributed by atoms with E-state index in [1.807, 2.05) is 44.2 Å². The van der Waals surface area contributed by atoms with E-state index in [0.717, 1.165) is 10.5 Å². The molecule has 0 aliphatic carbocycles. The molecule has 338 valence electrons. The highest BCUT2D eigenvalue weighted by Gasteiger charge is 2.45. The van der Waals surface area contributed by atoms with E-state index in [-0.39, 0.29) is 38.0 Å². The van der Waals surface area contributed by atoms with Crippen LogP contribution >= 0.6 is 0 Å². The minimum Gasteiger partial charge on any atom is -0.458 e. The number of nitrogens with zero attached hydrogens (tertiary/aromatic N) is 3. The Labute approximate surface area is 361 Å². The summed E-state index contributed by atoms with van der Waals surface area (Å²) in [5, 5.41) is 8.29. The third-order valence-corrected chi connectivity index (χ3v) is 9.76. The van der Waals surface area contributed by atoms with Crippen LogP contribution in [0, 0.1) is 5.41 Å². The summed E-state index contributed by atoms with van der Waals surface area (Å²) in [6, 6.07) is 5.95. The molecule has 0 spiro atoms. The second-order valence-electron chi connectivity index (χ2n) is 19.0. The van der Waals surface area contributed by atoms with Gasteiger partial charge in [0.1, 0.15) is 29.3 Å². The van der Waals surface area contributed by atoms with Crippen molar-refractivity contribution in [2.24, 2.45) is 5.41 Å². The van der Waals surface area contributed by atoms with Crippen LogP contribution in [0.3, 0.4) is 0 Å². The average Bonchev–Trinajstić information content (AvgIpc) is 3.46. The Kier molecular flexibility index (Phi) is 18.0. The van der Waals surface area contributed by atoms with Gasteiger partial charge in [-0.05, 0) is 72.3 Å². The third-order valence-electron chi connectivity index (χ3n) is 9.76. The average molecular weight is 853 g/mol. The second kappa shape index (κ2) is 21.3. The van der Waals surface area contributed by atoms with Crippen molar-refractivity contribution in [3.63, 3.8) is 0 Å². The predicted molar refractivity (Wildman–Crippen MR) is 231 cm³/mol. The topological polar surface area (TPSA) is 201 Å². The van der Waals surface area contributed by atoms with Crippen molar-refractivity contribution in [1.29, 1.82) is 0 Å². The number of ether oxygens (including phenoxy) is 2. The first-order valence-electron chi connectivity index (χ1n) is 20.5. The first-order valence-corrected chi connectivity index (χ1v) is 20.5. The molecule has 1 unspecified atom stereocenters. The Balaban J connectivity index is 2.21. The number of carbonyl (C=O) groups excluding carboxylic acids is 8. The molecule has 7 amide bonds. The SMILES string of the molecule is C/C(=C\CN(C)C(=O)C(NC(=O)[C@@H](N(C)C(=O)OC(C)(C)C)C(C)(C)c1ccccc1)C(C)(C)C)C(=O)N[C@H](CCC(=O)NCCCN1C(=O)C=CC1=O)C(=O)OC(C)(C)C. The Morgan fingerprint density at radius 2 is 1.36 bits per heavy atom. The highest BCUT2D eigenvalue weighted by molar-refractivity contribution is 6.12. The van der Waals surface area contributed by atoms with Crippen LogP contribution in [0.25, 0.3) is 0 Å². The molecule has 0 saturated carbocycles. The van der Waals surface area contributed by atoms with Gasteiger partial charge in [-0.1, -0.05) is 71.0 Å². The summed E-state index contributed by atoms with van der Waals surface area (Å²) >= 11 is 0. The van der Waals surface area contributed by atoms with Crippen molar-refractivity contribution >= 4 is 47.5 Å². The van der Waals surface area contributed by atoms with Crippen molar-refractivity contribution in [2.75, 3.05) is 33.7 Å². The summed E-state index contributed by atoms with van der Waals surface area (Å²) < 4.78 is 11.2. The number of imide groups is 1. The molecule has 1 aromatic rings. The fraction of sp³-hybridized carbons (Fsp3) is 0.600. The van der Waals surface area contributed by atoms with Gasteiger partial charge in [-0.25, -0.2) is 9.59 Å². The van der Waals surface area contributed by atoms with Crippen LogP contribution in [-0.4, -0.2) is 125 Å². The molecule has 0 radical (unpaired) electrons. The molecule has 0 saturated heterocycles. The lowest BCUT2D eigenvalue weighted by Gasteiger charge is -2.42. The van der Waals surface area contributed by atoms with E-state index < -0.39 is 87.7 Å². The number of likely N-dealkylation sites (N-methyl/N-ethyl adjacent to an activating group) is 2. The van der Waals surface area contributed by atoms with Crippen molar-refractivity contribution < 1.29 is 47.8 Å². The summed E-state index contributed by atoms with van der Waals surface area (Å²) in [7, 11) is 3.03. The van der Waals surface area contributed by atoms with E-state index >= 15 is 0 Å². The molecule has 1 heterocycles. The number of amides is 7. The predicted octanol–water partition coefficient (Wildman–Crippen LogP) is 4.17. The first kappa shape index (κ1) is 51.6. The Hall–Kier alpha value is -5.54. The molecule has 3 atom stereocenters. The van der Waals surface area contributed by atoms with Crippen LogP contribution < -0.4 is 16.0 Å². The molecule has 61 heavy (non-hydrogen) atoms. The lowest BCUT2D eigenvalue weighted by Crippen LogP contribution is -2.62. The molecule has 2 rings (SSSR count). The smallest absolute Gasteiger partial charge is 0.410 e. The van der Waals surface area contributed by atoms with E-state index in [0.29, 0.717) is 6.42 Å². The van der Waals surface area contributed by atoms with Gasteiger partial charge in [0.2, 0.25) is 23.6 Å². The zero-order valence-electron chi connectivity index (χ0n) is 38.5. The van der Waals surface area contributed by atoms with Crippen LogP contribution in [0.1, 0.15) is 108 Å². The van der Waals surface area contributed by atoms with E-state index in [1.165, 1.54) is 49.0 Å². The van der Waals surface area contributed by atoms with Gasteiger partial charge < -0.3 is 30.3 Å². The monoisotopic (exact) mass is 852 g/mol. The van der Waals surface area contributed by atoms with Crippen LogP contribution in [0.15, 0.2) is 54.1 Å². The minimum absolute atomic E-state index is 0.0402. The van der Waals surface area contributed by atoms with Gasteiger partial charge in [-0.15, -0.1) is 0 Å². The molecule has 16 nitrogen and oxygen atoms in total. The van der Waals surface area contributed by atoms with E-state index in [2.05, 4.69) is 16.0 Å². The molecule has 1 aliphatic heterocycles. The van der Waals surface area contributed by atoms with E-state index in [1.54, 1.807) is 62.3 Å². The number of hydrogen-bond acceptors (Lipinski definition) is 10. The lowest BCUT2D eigenvalue weighted by molar-refractivity contribution is -0.158. The Morgan fingerprint density at radius 3 is 1.89 bits per heavy atom. The zero-order valence-corrected chi connectivity index (χ0v) is 38.5. The number of esters is 1. The number of carbonyl (C=O) groups is 8. The van der Waals surface area contributed by atoms with Crippen LogP contribution in [0.5, 0.6) is 0 Å². The molecule has 0 fully saturated rings. The Morgan fingerprint density at radius 1 is 0.803 bits per heavy atom. The van der Waals surface area contributed by atoms with Crippen molar-refractivity contribution in [2.45, 2.75) is 137 Å². The molecule has 3 N–H and O–H groups in total. The van der Waals surface area contributed by atoms with Gasteiger partial charge >= 0.3 is 12.1 Å². The second-order valence-corrected chi connectivity index (χ2v) is 19.0. The van der Waals surface area contributed by atoms with E-state index in [4.69, 9.17) is 9.47 Å². The van der Waals surface area contributed by atoms with Crippen molar-refractivity contribution in [1.82, 2.24) is 30.7 Å². The minimum atomic E-state index is -1.18. The van der Waals surface area contributed by atoms with Gasteiger partial charge in [0.25, 0.3) is 11.8 Å². The Bertz CT molecular complexity index is 1820. The normalized spacial score (nSPS) is 15.0. The van der Waals surface area contributed by atoms with Gasteiger partial charge in [-0.2, -0.15) is 0 Å². The zero-order chi connectivity index (χ0) is 46.7. The highest BCUT2D eigenvalue weighted by atomic mass is 16.6. The molecular formula is C45H68N6O10. The largest absolute Gasteiger partial charge is 0.458 e. The summed E-state index contributed by atoms with van der Waals surface area (Å²) in [4.78, 5) is 108. The number of nitrogens with one attached hydrogen (secondary N) is 3. The highest BCUT2D eigenvalue weighted by Crippen LogP contribution is 2.32. The lowest BCUT2D eigenvalue weighted by atomic mass is 9.76. The van der Waals surface area contributed by atoms with Crippen LogP contribution in [-0.2, 0) is 48.5 Å². The number of hydrogen-bond donors (Lipinski definition) is 3. The fourth-order valence-electron chi connectivity index (χ4n) is 6.37. The number of benzene rings is 1. The van der Waals surface area contributed by atoms with Gasteiger partial charge in [0.15, 0.2) is 0 Å². The van der Waals surface area contributed by atoms with Gasteiger partial charge in [0.05, 0.1) is 0 Å². The molecule has 1 aromatic carbocycles. The fourth-order valence-corrected chi connectivity index (χ4v) is 6.37. The van der Waals surface area contributed by atoms with Crippen LogP contribution in [0.2, 0.25) is 0 Å². The third kappa shape index (κ3) is 16.1. The molecule has 16 heteroatoms. The standard InChI is InChI=1S/C45H68N6O10/c1-29(37(55)47-31(40(58)60-43(5,6)7)21-22-32(52)46-26-18-27-51-33(53)23-24-34(51)54)25-28-49(13)39(57)35(42(2,3)4)48-38(56)36(50(14)41(59)61-44(8,9)10)45(11,12)30-19-16-15-17-20-30/h15-17,19-20,23-25,31,35-36H,18,21-22,26-28H2,1-14H3,(H,46,52)(H,47,55)(H,48,56)/b29-25+/t31-,35?,36-/m1/s1. The van der Waals surface area contributed by atoms with Gasteiger partial charge in [0, 0.05) is 63.3 Å². The summed E-state index contributed by atoms with van der Waals surface area (Å²) in [5.41, 5.74) is -2.46. The summed E-state index contributed by atoms with van der Waals surface area (Å²) in [6.07, 6.45) is 3.30.